The highest BCUT2D eigenvalue weighted by atomic mass is 16.5. The Morgan fingerprint density at radius 1 is 0.921 bits per heavy atom. The van der Waals surface area contributed by atoms with Gasteiger partial charge in [0.05, 0.1) is 17.3 Å². The molecule has 2 aromatic heterocycles. The molecule has 0 fully saturated rings. The molecular formula is C31H29N3O4. The quantitative estimate of drug-likeness (QED) is 0.231. The zero-order valence-corrected chi connectivity index (χ0v) is 21.5. The van der Waals surface area contributed by atoms with Crippen molar-refractivity contribution in [1.82, 2.24) is 9.61 Å². The number of carbonyl (C=O) groups excluding carboxylic acids is 1. The summed E-state index contributed by atoms with van der Waals surface area (Å²) in [6.07, 6.45) is 1.67. The summed E-state index contributed by atoms with van der Waals surface area (Å²) in [5, 5.41) is 7.55. The molecule has 1 N–H and O–H groups in total. The normalized spacial score (nSPS) is 10.9. The van der Waals surface area contributed by atoms with Gasteiger partial charge in [0.15, 0.2) is 0 Å². The number of rotatable bonds is 9. The predicted molar refractivity (Wildman–Crippen MR) is 147 cm³/mol. The van der Waals surface area contributed by atoms with Gasteiger partial charge in [-0.15, -0.1) is 5.10 Å². The summed E-state index contributed by atoms with van der Waals surface area (Å²) in [5.41, 5.74) is 3.35. The monoisotopic (exact) mass is 507 g/mol. The maximum absolute atomic E-state index is 13.7. The second-order valence-electron chi connectivity index (χ2n) is 9.13. The van der Waals surface area contributed by atoms with E-state index in [0.717, 1.165) is 16.9 Å². The number of fused-ring (bicyclic) bond motifs is 1. The van der Waals surface area contributed by atoms with Gasteiger partial charge in [-0.05, 0) is 62.2 Å². The highest BCUT2D eigenvalue weighted by Gasteiger charge is 2.23. The first-order valence-electron chi connectivity index (χ1n) is 12.5. The van der Waals surface area contributed by atoms with Crippen molar-refractivity contribution in [2.24, 2.45) is 0 Å². The van der Waals surface area contributed by atoms with Crippen molar-refractivity contribution in [3.8, 4) is 23.1 Å². The van der Waals surface area contributed by atoms with Gasteiger partial charge in [0.2, 0.25) is 5.88 Å². The third-order valence-electron chi connectivity index (χ3n) is 5.81. The Morgan fingerprint density at radius 3 is 2.37 bits per heavy atom. The van der Waals surface area contributed by atoms with Crippen LogP contribution in [0.4, 0.5) is 5.69 Å². The summed E-state index contributed by atoms with van der Waals surface area (Å²) < 4.78 is 19.8. The number of aryl methyl sites for hydroxylation is 1. The van der Waals surface area contributed by atoms with Crippen LogP contribution in [-0.4, -0.2) is 21.6 Å². The highest BCUT2D eigenvalue weighted by molar-refractivity contribution is 6.11. The molecule has 0 spiro atoms. The maximum atomic E-state index is 13.7. The molecule has 5 rings (SSSR count). The van der Waals surface area contributed by atoms with E-state index in [1.807, 2.05) is 106 Å². The van der Waals surface area contributed by atoms with E-state index in [0.29, 0.717) is 28.3 Å². The second-order valence-corrected chi connectivity index (χ2v) is 9.13. The van der Waals surface area contributed by atoms with Crippen molar-refractivity contribution >= 4 is 17.1 Å². The summed E-state index contributed by atoms with van der Waals surface area (Å²) in [7, 11) is 0. The SMILES string of the molecule is Cc1cc(NC(=O)c2c(OCc3ccccc3)nn3ccccc23)c(OC(C)C)cc1Oc1ccccc1. The Bertz CT molecular complexity index is 1550. The molecule has 0 radical (unpaired) electrons. The summed E-state index contributed by atoms with van der Waals surface area (Å²) in [6, 6.07) is 28.5. The highest BCUT2D eigenvalue weighted by Crippen LogP contribution is 2.37. The lowest BCUT2D eigenvalue weighted by molar-refractivity contribution is 0.102. The van der Waals surface area contributed by atoms with Gasteiger partial charge < -0.3 is 19.5 Å². The molecule has 0 bridgehead atoms. The number of para-hydroxylation sites is 1. The Labute approximate surface area is 221 Å². The molecule has 38 heavy (non-hydrogen) atoms. The van der Waals surface area contributed by atoms with Gasteiger partial charge in [-0.25, -0.2) is 4.52 Å². The van der Waals surface area contributed by atoms with E-state index in [4.69, 9.17) is 14.2 Å². The predicted octanol–water partition coefficient (Wildman–Crippen LogP) is 7.05. The van der Waals surface area contributed by atoms with Crippen LogP contribution in [0.1, 0.15) is 35.3 Å². The van der Waals surface area contributed by atoms with E-state index in [1.165, 1.54) is 0 Å². The Morgan fingerprint density at radius 2 is 1.63 bits per heavy atom. The van der Waals surface area contributed by atoms with Crippen LogP contribution in [0.5, 0.6) is 23.1 Å². The molecule has 0 unspecified atom stereocenters. The molecular weight excluding hydrogens is 478 g/mol. The van der Waals surface area contributed by atoms with Gasteiger partial charge >= 0.3 is 0 Å². The van der Waals surface area contributed by atoms with Gasteiger partial charge in [0, 0.05) is 12.3 Å². The topological polar surface area (TPSA) is 74.1 Å². The van der Waals surface area contributed by atoms with Crippen LogP contribution in [0.3, 0.4) is 0 Å². The zero-order chi connectivity index (χ0) is 26.5. The number of anilines is 1. The molecule has 0 aliphatic heterocycles. The summed E-state index contributed by atoms with van der Waals surface area (Å²) in [5.74, 6) is 1.78. The van der Waals surface area contributed by atoms with Crippen LogP contribution in [0.15, 0.2) is 97.2 Å². The van der Waals surface area contributed by atoms with Crippen LogP contribution in [0.2, 0.25) is 0 Å². The molecule has 1 amide bonds. The van der Waals surface area contributed by atoms with Crippen molar-refractivity contribution in [3.05, 3.63) is 114 Å². The molecule has 7 heteroatoms. The summed E-state index contributed by atoms with van der Waals surface area (Å²) in [4.78, 5) is 13.7. The number of nitrogens with one attached hydrogen (secondary N) is 1. The lowest BCUT2D eigenvalue weighted by Gasteiger charge is -2.18. The number of hydrogen-bond acceptors (Lipinski definition) is 5. The number of benzene rings is 3. The Hall–Kier alpha value is -4.78. The van der Waals surface area contributed by atoms with Crippen LogP contribution in [-0.2, 0) is 6.61 Å². The van der Waals surface area contributed by atoms with Crippen LogP contribution < -0.4 is 19.5 Å². The molecule has 2 heterocycles. The fourth-order valence-corrected chi connectivity index (χ4v) is 4.05. The van der Waals surface area contributed by atoms with E-state index < -0.39 is 0 Å². The first-order chi connectivity index (χ1) is 18.5. The minimum absolute atomic E-state index is 0.111. The fraction of sp³-hybridized carbons (Fsp3) is 0.161. The zero-order valence-electron chi connectivity index (χ0n) is 21.5. The molecule has 0 saturated carbocycles. The maximum Gasteiger partial charge on any atom is 0.263 e. The first kappa shape index (κ1) is 24.9. The van der Waals surface area contributed by atoms with Gasteiger partial charge in [-0.3, -0.25) is 4.79 Å². The molecule has 0 aliphatic rings. The van der Waals surface area contributed by atoms with E-state index in [1.54, 1.807) is 16.8 Å². The minimum Gasteiger partial charge on any atom is -0.489 e. The number of carbonyl (C=O) groups is 1. The molecule has 3 aromatic carbocycles. The second kappa shape index (κ2) is 11.1. The minimum atomic E-state index is -0.348. The van der Waals surface area contributed by atoms with E-state index in [9.17, 15) is 4.79 Å². The molecule has 0 saturated heterocycles. The van der Waals surface area contributed by atoms with E-state index in [-0.39, 0.29) is 24.5 Å². The standard InChI is InChI=1S/C31H29N3O4/c1-21(2)37-28-19-27(38-24-14-8-5-9-15-24)22(3)18-25(28)32-30(35)29-26-16-10-11-17-34(26)33-31(29)36-20-23-12-6-4-7-13-23/h4-19,21H,20H2,1-3H3,(H,32,35). The Kier molecular flexibility index (Phi) is 7.26. The van der Waals surface area contributed by atoms with Gasteiger partial charge in [-0.2, -0.15) is 0 Å². The van der Waals surface area contributed by atoms with Crippen molar-refractivity contribution in [3.63, 3.8) is 0 Å². The fourth-order valence-electron chi connectivity index (χ4n) is 4.05. The van der Waals surface area contributed by atoms with Gasteiger partial charge in [0.1, 0.15) is 29.4 Å². The van der Waals surface area contributed by atoms with Gasteiger partial charge in [-0.1, -0.05) is 54.6 Å². The number of amides is 1. The largest absolute Gasteiger partial charge is 0.489 e. The number of pyridine rings is 1. The molecule has 192 valence electrons. The van der Waals surface area contributed by atoms with E-state index >= 15 is 0 Å². The van der Waals surface area contributed by atoms with Crippen LogP contribution >= 0.6 is 0 Å². The number of nitrogens with zero attached hydrogens (tertiary/aromatic N) is 2. The van der Waals surface area contributed by atoms with Gasteiger partial charge in [0.25, 0.3) is 5.91 Å². The van der Waals surface area contributed by atoms with Crippen molar-refractivity contribution < 1.29 is 19.0 Å². The molecule has 7 nitrogen and oxygen atoms in total. The first-order valence-corrected chi connectivity index (χ1v) is 12.5. The van der Waals surface area contributed by atoms with Crippen LogP contribution in [0.25, 0.3) is 5.52 Å². The lowest BCUT2D eigenvalue weighted by atomic mass is 10.1. The number of ether oxygens (including phenoxy) is 3. The third kappa shape index (κ3) is 5.62. The average Bonchev–Trinajstić information content (AvgIpc) is 3.29. The average molecular weight is 508 g/mol. The van der Waals surface area contributed by atoms with Crippen molar-refractivity contribution in [2.45, 2.75) is 33.5 Å². The Balaban J connectivity index is 1.47. The lowest BCUT2D eigenvalue weighted by Crippen LogP contribution is -2.16. The van der Waals surface area contributed by atoms with E-state index in [2.05, 4.69) is 10.4 Å². The van der Waals surface area contributed by atoms with Crippen molar-refractivity contribution in [1.29, 1.82) is 0 Å². The summed E-state index contributed by atoms with van der Waals surface area (Å²) >= 11 is 0. The molecule has 0 aliphatic carbocycles. The third-order valence-corrected chi connectivity index (χ3v) is 5.81. The number of aromatic nitrogens is 2. The smallest absolute Gasteiger partial charge is 0.263 e. The molecule has 0 atom stereocenters. The summed E-state index contributed by atoms with van der Waals surface area (Å²) in [6.45, 7) is 6.09. The molecule has 5 aromatic rings. The van der Waals surface area contributed by atoms with Crippen LogP contribution in [0, 0.1) is 6.92 Å². The van der Waals surface area contributed by atoms with Crippen molar-refractivity contribution in [2.75, 3.05) is 5.32 Å². The number of hydrogen-bond donors (Lipinski definition) is 1.